The molecule has 0 unspecified atom stereocenters. The highest BCUT2D eigenvalue weighted by molar-refractivity contribution is 8.00. The smallest absolute Gasteiger partial charge is 0.243 e. The van der Waals surface area contributed by atoms with Gasteiger partial charge in [0.2, 0.25) is 21.8 Å². The van der Waals surface area contributed by atoms with Crippen LogP contribution in [0, 0.1) is 0 Å². The Kier molecular flexibility index (Phi) is 6.66. The molecule has 3 aliphatic heterocycles. The van der Waals surface area contributed by atoms with Crippen LogP contribution in [0.1, 0.15) is 25.7 Å². The number of hydrogen-bond donors (Lipinski definition) is 1. The molecule has 1 N–H and O–H groups in total. The van der Waals surface area contributed by atoms with E-state index >= 15 is 0 Å². The summed E-state index contributed by atoms with van der Waals surface area (Å²) in [6.07, 6.45) is 4.13. The summed E-state index contributed by atoms with van der Waals surface area (Å²) in [4.78, 5) is 29.8. The lowest BCUT2D eigenvalue weighted by molar-refractivity contribution is -0.123. The Morgan fingerprint density at radius 2 is 1.77 bits per heavy atom. The molecule has 0 aromatic heterocycles. The van der Waals surface area contributed by atoms with Crippen molar-refractivity contribution in [3.05, 3.63) is 18.2 Å². The van der Waals surface area contributed by atoms with E-state index in [4.69, 9.17) is 0 Å². The molecular weight excluding hydrogens is 424 g/mol. The average Bonchev–Trinajstić information content (AvgIpc) is 3.44. The average molecular weight is 453 g/mol. The molecule has 2 amide bonds. The number of thioether (sulfide) groups is 1. The van der Waals surface area contributed by atoms with Gasteiger partial charge < -0.3 is 15.1 Å². The predicted molar refractivity (Wildman–Crippen MR) is 116 cm³/mol. The molecule has 3 heterocycles. The molecule has 0 bridgehead atoms. The molecule has 2 fully saturated rings. The second-order valence-electron chi connectivity index (χ2n) is 7.91. The zero-order valence-corrected chi connectivity index (χ0v) is 18.6. The van der Waals surface area contributed by atoms with E-state index in [0.29, 0.717) is 25.3 Å². The summed E-state index contributed by atoms with van der Waals surface area (Å²) in [5.74, 6) is -0.169. The van der Waals surface area contributed by atoms with Gasteiger partial charge in [-0.25, -0.2) is 8.42 Å². The van der Waals surface area contributed by atoms with Crippen LogP contribution in [0.4, 0.5) is 5.69 Å². The highest BCUT2D eigenvalue weighted by atomic mass is 32.2. The van der Waals surface area contributed by atoms with Gasteiger partial charge in [0.05, 0.1) is 16.3 Å². The minimum absolute atomic E-state index is 0.0976. The number of fused-ring (bicyclic) bond motifs is 1. The van der Waals surface area contributed by atoms with Crippen LogP contribution in [0.2, 0.25) is 0 Å². The lowest BCUT2D eigenvalue weighted by Crippen LogP contribution is -2.44. The molecule has 0 aliphatic carbocycles. The predicted octanol–water partition coefficient (Wildman–Crippen LogP) is 1.12. The third-order valence-electron chi connectivity index (χ3n) is 5.83. The Morgan fingerprint density at radius 3 is 2.50 bits per heavy atom. The zero-order chi connectivity index (χ0) is 21.1. The van der Waals surface area contributed by atoms with Crippen molar-refractivity contribution >= 4 is 39.3 Å². The number of nitrogens with zero attached hydrogens (tertiary/aromatic N) is 3. The van der Waals surface area contributed by atoms with Crippen LogP contribution in [0.5, 0.6) is 0 Å². The highest BCUT2D eigenvalue weighted by Crippen LogP contribution is 2.37. The minimum atomic E-state index is -3.59. The van der Waals surface area contributed by atoms with Crippen molar-refractivity contribution in [2.45, 2.75) is 35.5 Å². The third-order valence-corrected chi connectivity index (χ3v) is 8.77. The van der Waals surface area contributed by atoms with Gasteiger partial charge in [-0.15, -0.1) is 11.8 Å². The molecule has 4 rings (SSSR count). The standard InChI is InChI=1S/C20H28N4O4S2/c25-19(21-7-12-22-8-1-2-9-22)14-24-17-13-16(5-6-18(17)29-15-20(24)26)30(27,28)23-10-3-4-11-23/h5-6,13H,1-4,7-12,14-15H2,(H,21,25). The molecule has 1 aromatic rings. The quantitative estimate of drug-likeness (QED) is 0.667. The number of hydrogen-bond acceptors (Lipinski definition) is 6. The van der Waals surface area contributed by atoms with Gasteiger partial charge in [0.15, 0.2) is 0 Å². The molecule has 3 aliphatic rings. The van der Waals surface area contributed by atoms with E-state index in [1.165, 1.54) is 33.8 Å². The van der Waals surface area contributed by atoms with Gasteiger partial charge in [0.1, 0.15) is 6.54 Å². The van der Waals surface area contributed by atoms with E-state index in [1.807, 2.05) is 0 Å². The van der Waals surface area contributed by atoms with Crippen LogP contribution in [-0.4, -0.2) is 81.0 Å². The maximum Gasteiger partial charge on any atom is 0.243 e. The number of rotatable bonds is 7. The molecule has 0 spiro atoms. The molecule has 0 atom stereocenters. The molecule has 10 heteroatoms. The third kappa shape index (κ3) is 4.66. The van der Waals surface area contributed by atoms with E-state index in [-0.39, 0.29) is 29.0 Å². The number of anilines is 1. The van der Waals surface area contributed by atoms with Crippen molar-refractivity contribution in [2.75, 3.05) is 56.5 Å². The second kappa shape index (κ2) is 9.25. The van der Waals surface area contributed by atoms with Gasteiger partial charge >= 0.3 is 0 Å². The molecule has 8 nitrogen and oxygen atoms in total. The topological polar surface area (TPSA) is 90.0 Å². The van der Waals surface area contributed by atoms with Crippen LogP contribution in [0.25, 0.3) is 0 Å². The number of likely N-dealkylation sites (tertiary alicyclic amines) is 1. The van der Waals surface area contributed by atoms with Gasteiger partial charge in [-0.1, -0.05) is 0 Å². The maximum atomic E-state index is 12.9. The Labute approximate surface area is 182 Å². The van der Waals surface area contributed by atoms with Gasteiger partial charge in [0.25, 0.3) is 0 Å². The van der Waals surface area contributed by atoms with Crippen molar-refractivity contribution in [2.24, 2.45) is 0 Å². The first-order chi connectivity index (χ1) is 14.4. The van der Waals surface area contributed by atoms with E-state index in [9.17, 15) is 18.0 Å². The molecule has 30 heavy (non-hydrogen) atoms. The Hall–Kier alpha value is -1.62. The van der Waals surface area contributed by atoms with Crippen molar-refractivity contribution in [1.29, 1.82) is 0 Å². The SMILES string of the molecule is O=C(CN1C(=O)CSc2ccc(S(=O)(=O)N3CCCC3)cc21)NCCN1CCCC1. The second-order valence-corrected chi connectivity index (χ2v) is 10.9. The molecular formula is C20H28N4O4S2. The van der Waals surface area contributed by atoms with Crippen molar-refractivity contribution < 1.29 is 18.0 Å². The van der Waals surface area contributed by atoms with E-state index in [1.54, 1.807) is 18.2 Å². The molecule has 164 valence electrons. The lowest BCUT2D eigenvalue weighted by atomic mass is 10.2. The molecule has 0 radical (unpaired) electrons. The molecule has 0 saturated carbocycles. The first kappa shape index (κ1) is 21.6. The number of sulfonamides is 1. The Bertz CT molecular complexity index is 909. The fraction of sp³-hybridized carbons (Fsp3) is 0.600. The van der Waals surface area contributed by atoms with Crippen LogP contribution in [-0.2, 0) is 19.6 Å². The van der Waals surface area contributed by atoms with Gasteiger partial charge in [-0.2, -0.15) is 4.31 Å². The van der Waals surface area contributed by atoms with Gasteiger partial charge in [-0.05, 0) is 57.0 Å². The largest absolute Gasteiger partial charge is 0.353 e. The number of amides is 2. The van der Waals surface area contributed by atoms with Crippen LogP contribution < -0.4 is 10.2 Å². The fourth-order valence-electron chi connectivity index (χ4n) is 4.15. The summed E-state index contributed by atoms with van der Waals surface area (Å²) in [7, 11) is -3.59. The number of benzene rings is 1. The summed E-state index contributed by atoms with van der Waals surface area (Å²) >= 11 is 1.38. The van der Waals surface area contributed by atoms with Gasteiger partial charge in [0, 0.05) is 31.1 Å². The van der Waals surface area contributed by atoms with Gasteiger partial charge in [-0.3, -0.25) is 9.59 Å². The number of nitrogens with one attached hydrogen (secondary N) is 1. The van der Waals surface area contributed by atoms with E-state index in [0.717, 1.165) is 37.4 Å². The molecule has 1 aromatic carbocycles. The summed E-state index contributed by atoms with van der Waals surface area (Å²) < 4.78 is 27.3. The Balaban J connectivity index is 1.46. The maximum absolute atomic E-state index is 12.9. The lowest BCUT2D eigenvalue weighted by Gasteiger charge is -2.29. The minimum Gasteiger partial charge on any atom is -0.353 e. The summed E-state index contributed by atoms with van der Waals surface area (Å²) in [5.41, 5.74) is 0.506. The molecule has 2 saturated heterocycles. The first-order valence-electron chi connectivity index (χ1n) is 10.5. The normalized spacial score (nSPS) is 20.5. The monoisotopic (exact) mass is 452 g/mol. The van der Waals surface area contributed by atoms with Crippen molar-refractivity contribution in [1.82, 2.24) is 14.5 Å². The summed E-state index contributed by atoms with van der Waals surface area (Å²) in [5, 5.41) is 2.89. The summed E-state index contributed by atoms with van der Waals surface area (Å²) in [6.45, 7) is 4.45. The first-order valence-corrected chi connectivity index (χ1v) is 12.9. The fourth-order valence-corrected chi connectivity index (χ4v) is 6.61. The van der Waals surface area contributed by atoms with Crippen LogP contribution in [0.15, 0.2) is 28.0 Å². The van der Waals surface area contributed by atoms with Crippen molar-refractivity contribution in [3.8, 4) is 0 Å². The van der Waals surface area contributed by atoms with Crippen LogP contribution >= 0.6 is 11.8 Å². The van der Waals surface area contributed by atoms with Crippen molar-refractivity contribution in [3.63, 3.8) is 0 Å². The highest BCUT2D eigenvalue weighted by Gasteiger charge is 2.31. The zero-order valence-electron chi connectivity index (χ0n) is 17.0. The van der Waals surface area contributed by atoms with E-state index in [2.05, 4.69) is 10.2 Å². The summed E-state index contributed by atoms with van der Waals surface area (Å²) in [6, 6.07) is 4.89. The Morgan fingerprint density at radius 1 is 1.07 bits per heavy atom. The number of carbonyl (C=O) groups excluding carboxylic acids is 2. The van der Waals surface area contributed by atoms with E-state index < -0.39 is 10.0 Å². The van der Waals surface area contributed by atoms with Crippen LogP contribution in [0.3, 0.4) is 0 Å². The number of carbonyl (C=O) groups is 2.